The maximum absolute atomic E-state index is 11.8. The summed E-state index contributed by atoms with van der Waals surface area (Å²) in [5, 5.41) is 2.82. The van der Waals surface area contributed by atoms with Crippen molar-refractivity contribution in [2.75, 3.05) is 17.7 Å². The minimum atomic E-state index is -0.448. The lowest BCUT2D eigenvalue weighted by molar-refractivity contribution is -0.126. The number of aryl methyl sites for hydroxylation is 1. The van der Waals surface area contributed by atoms with E-state index in [4.69, 9.17) is 10.5 Å². The Kier molecular flexibility index (Phi) is 4.97. The molecule has 1 amide bonds. The maximum atomic E-state index is 11.8. The second-order valence-corrected chi connectivity index (χ2v) is 4.08. The van der Waals surface area contributed by atoms with Crippen molar-refractivity contribution < 1.29 is 9.53 Å². The lowest BCUT2D eigenvalue weighted by atomic mass is 10.2. The lowest BCUT2D eigenvalue weighted by Gasteiger charge is -2.14. The molecule has 0 fully saturated rings. The van der Waals surface area contributed by atoms with Gasteiger partial charge in [0.05, 0.1) is 0 Å². The summed E-state index contributed by atoms with van der Waals surface area (Å²) in [5.41, 5.74) is 8.03. The summed E-state index contributed by atoms with van der Waals surface area (Å²) in [5.74, 6) is -0.146. The van der Waals surface area contributed by atoms with Crippen LogP contribution in [0, 0.1) is 6.92 Å². The molecule has 0 spiro atoms. The largest absolute Gasteiger partial charge is 0.399 e. The highest BCUT2D eigenvalue weighted by Gasteiger charge is 2.13. The Bertz CT molecular complexity index is 391. The lowest BCUT2D eigenvalue weighted by Crippen LogP contribution is -2.28. The zero-order valence-electron chi connectivity index (χ0n) is 10.6. The molecule has 17 heavy (non-hydrogen) atoms. The topological polar surface area (TPSA) is 64.3 Å². The number of hydrogen-bond donors (Lipinski definition) is 2. The molecule has 0 aliphatic rings. The number of ether oxygens (including phenoxy) is 1. The van der Waals surface area contributed by atoms with Gasteiger partial charge in [-0.2, -0.15) is 0 Å². The molecule has 3 N–H and O–H groups in total. The van der Waals surface area contributed by atoms with Crippen molar-refractivity contribution in [3.8, 4) is 0 Å². The molecule has 0 heterocycles. The molecule has 0 bridgehead atoms. The highest BCUT2D eigenvalue weighted by atomic mass is 16.5. The third-order valence-electron chi connectivity index (χ3n) is 2.46. The third kappa shape index (κ3) is 4.07. The monoisotopic (exact) mass is 236 g/mol. The summed E-state index contributed by atoms with van der Waals surface area (Å²) >= 11 is 0. The zero-order valence-corrected chi connectivity index (χ0v) is 10.6. The molecule has 0 saturated carbocycles. The molecule has 1 unspecified atom stereocenters. The Morgan fingerprint density at radius 3 is 2.88 bits per heavy atom. The third-order valence-corrected chi connectivity index (χ3v) is 2.46. The van der Waals surface area contributed by atoms with Crippen LogP contribution in [0.15, 0.2) is 18.2 Å². The van der Waals surface area contributed by atoms with Crippen LogP contribution >= 0.6 is 0 Å². The van der Waals surface area contributed by atoms with Gasteiger partial charge in [-0.3, -0.25) is 4.79 Å². The second kappa shape index (κ2) is 6.25. The SMILES string of the molecule is CCCOC(C)C(=O)Nc1cc(N)ccc1C. The Morgan fingerprint density at radius 2 is 2.24 bits per heavy atom. The number of carbonyl (C=O) groups excluding carboxylic acids is 1. The van der Waals surface area contributed by atoms with Crippen LogP contribution < -0.4 is 11.1 Å². The predicted molar refractivity (Wildman–Crippen MR) is 69.9 cm³/mol. The molecule has 4 nitrogen and oxygen atoms in total. The first-order valence-electron chi connectivity index (χ1n) is 5.83. The van der Waals surface area contributed by atoms with Crippen LogP contribution in [0.2, 0.25) is 0 Å². The Balaban J connectivity index is 2.64. The fourth-order valence-electron chi connectivity index (χ4n) is 1.38. The summed E-state index contributed by atoms with van der Waals surface area (Å²) in [6.07, 6.45) is 0.449. The van der Waals surface area contributed by atoms with Crippen LogP contribution in [0.25, 0.3) is 0 Å². The van der Waals surface area contributed by atoms with Crippen molar-refractivity contribution in [2.24, 2.45) is 0 Å². The van der Waals surface area contributed by atoms with E-state index in [0.29, 0.717) is 12.3 Å². The zero-order chi connectivity index (χ0) is 12.8. The van der Waals surface area contributed by atoms with E-state index in [2.05, 4.69) is 5.32 Å². The first kappa shape index (κ1) is 13.5. The number of benzene rings is 1. The van der Waals surface area contributed by atoms with E-state index >= 15 is 0 Å². The molecule has 0 aliphatic heterocycles. The van der Waals surface area contributed by atoms with Crippen LogP contribution in [0.1, 0.15) is 25.8 Å². The van der Waals surface area contributed by atoms with Gasteiger partial charge in [0.25, 0.3) is 5.91 Å². The van der Waals surface area contributed by atoms with Gasteiger partial charge in [-0.25, -0.2) is 0 Å². The molecular formula is C13H20N2O2. The quantitative estimate of drug-likeness (QED) is 0.771. The van der Waals surface area contributed by atoms with Gasteiger partial charge in [0.2, 0.25) is 0 Å². The van der Waals surface area contributed by atoms with E-state index in [1.54, 1.807) is 13.0 Å². The number of amides is 1. The fourth-order valence-corrected chi connectivity index (χ4v) is 1.38. The van der Waals surface area contributed by atoms with Crippen molar-refractivity contribution in [1.82, 2.24) is 0 Å². The van der Waals surface area contributed by atoms with E-state index in [1.807, 2.05) is 26.0 Å². The standard InChI is InChI=1S/C13H20N2O2/c1-4-7-17-10(3)13(16)15-12-8-11(14)6-5-9(12)2/h5-6,8,10H,4,7,14H2,1-3H3,(H,15,16). The van der Waals surface area contributed by atoms with Gasteiger partial charge in [0.15, 0.2) is 0 Å². The molecule has 1 aromatic rings. The first-order valence-corrected chi connectivity index (χ1v) is 5.83. The normalized spacial score (nSPS) is 12.2. The van der Waals surface area contributed by atoms with Crippen molar-refractivity contribution in [2.45, 2.75) is 33.3 Å². The molecule has 4 heteroatoms. The Morgan fingerprint density at radius 1 is 1.53 bits per heavy atom. The summed E-state index contributed by atoms with van der Waals surface area (Å²) in [4.78, 5) is 11.8. The number of hydrogen-bond acceptors (Lipinski definition) is 3. The summed E-state index contributed by atoms with van der Waals surface area (Å²) in [7, 11) is 0. The molecule has 0 radical (unpaired) electrons. The molecule has 0 saturated heterocycles. The number of nitrogens with one attached hydrogen (secondary N) is 1. The van der Waals surface area contributed by atoms with Gasteiger partial charge in [-0.05, 0) is 38.0 Å². The molecule has 0 aliphatic carbocycles. The fraction of sp³-hybridized carbons (Fsp3) is 0.462. The van der Waals surface area contributed by atoms with Crippen LogP contribution in [-0.2, 0) is 9.53 Å². The number of anilines is 2. The van der Waals surface area contributed by atoms with E-state index < -0.39 is 6.10 Å². The van der Waals surface area contributed by atoms with Gasteiger partial charge in [-0.1, -0.05) is 13.0 Å². The highest BCUT2D eigenvalue weighted by Crippen LogP contribution is 2.18. The van der Waals surface area contributed by atoms with Crippen LogP contribution in [0.3, 0.4) is 0 Å². The minimum Gasteiger partial charge on any atom is -0.399 e. The van der Waals surface area contributed by atoms with Crippen molar-refractivity contribution >= 4 is 17.3 Å². The molecule has 1 aromatic carbocycles. The van der Waals surface area contributed by atoms with E-state index in [1.165, 1.54) is 0 Å². The molecule has 1 atom stereocenters. The van der Waals surface area contributed by atoms with Gasteiger partial charge >= 0.3 is 0 Å². The van der Waals surface area contributed by atoms with Gasteiger partial charge in [0, 0.05) is 18.0 Å². The summed E-state index contributed by atoms with van der Waals surface area (Å²) in [6.45, 7) is 6.26. The van der Waals surface area contributed by atoms with E-state index in [0.717, 1.165) is 17.7 Å². The Hall–Kier alpha value is -1.55. The van der Waals surface area contributed by atoms with E-state index in [-0.39, 0.29) is 5.91 Å². The van der Waals surface area contributed by atoms with Crippen molar-refractivity contribution in [3.05, 3.63) is 23.8 Å². The van der Waals surface area contributed by atoms with Gasteiger partial charge in [-0.15, -0.1) is 0 Å². The first-order chi connectivity index (χ1) is 8.04. The van der Waals surface area contributed by atoms with Crippen LogP contribution in [0.4, 0.5) is 11.4 Å². The highest BCUT2D eigenvalue weighted by molar-refractivity contribution is 5.95. The summed E-state index contributed by atoms with van der Waals surface area (Å²) in [6, 6.07) is 5.43. The molecule has 0 aromatic heterocycles. The van der Waals surface area contributed by atoms with E-state index in [9.17, 15) is 4.79 Å². The van der Waals surface area contributed by atoms with Crippen molar-refractivity contribution in [3.63, 3.8) is 0 Å². The average Bonchev–Trinajstić information content (AvgIpc) is 2.30. The molecule has 94 valence electrons. The maximum Gasteiger partial charge on any atom is 0.253 e. The van der Waals surface area contributed by atoms with Crippen molar-refractivity contribution in [1.29, 1.82) is 0 Å². The number of carbonyl (C=O) groups is 1. The van der Waals surface area contributed by atoms with Crippen LogP contribution in [-0.4, -0.2) is 18.6 Å². The molecule has 1 rings (SSSR count). The average molecular weight is 236 g/mol. The Labute approximate surface area is 102 Å². The predicted octanol–water partition coefficient (Wildman–Crippen LogP) is 2.33. The number of nitrogen functional groups attached to an aromatic ring is 1. The molecular weight excluding hydrogens is 216 g/mol. The number of nitrogens with two attached hydrogens (primary N) is 1. The van der Waals surface area contributed by atoms with Crippen LogP contribution in [0.5, 0.6) is 0 Å². The van der Waals surface area contributed by atoms with Gasteiger partial charge in [0.1, 0.15) is 6.10 Å². The minimum absolute atomic E-state index is 0.146. The van der Waals surface area contributed by atoms with Gasteiger partial charge < -0.3 is 15.8 Å². The smallest absolute Gasteiger partial charge is 0.253 e. The summed E-state index contributed by atoms with van der Waals surface area (Å²) < 4.78 is 5.35. The second-order valence-electron chi connectivity index (χ2n) is 4.08. The number of rotatable bonds is 5.